The van der Waals surface area contributed by atoms with Gasteiger partial charge in [0.1, 0.15) is 0 Å². The van der Waals surface area contributed by atoms with Crippen molar-refractivity contribution in [1.29, 1.82) is 0 Å². The molecule has 2 aromatic rings. The molecule has 20 heavy (non-hydrogen) atoms. The van der Waals surface area contributed by atoms with Crippen LogP contribution in [0.5, 0.6) is 0 Å². The molecule has 0 spiro atoms. The number of benzene rings is 1. The minimum atomic E-state index is -0.400. The van der Waals surface area contributed by atoms with Crippen molar-refractivity contribution in [2.24, 2.45) is 0 Å². The van der Waals surface area contributed by atoms with Crippen molar-refractivity contribution in [3.63, 3.8) is 0 Å². The number of nitrogens with two attached hydrogens (primary N) is 1. The first-order chi connectivity index (χ1) is 9.56. The number of pyridine rings is 1. The van der Waals surface area contributed by atoms with Crippen LogP contribution in [0.2, 0.25) is 0 Å². The van der Waals surface area contributed by atoms with E-state index in [2.05, 4.69) is 15.6 Å². The zero-order chi connectivity index (χ0) is 14.5. The lowest BCUT2D eigenvalue weighted by Gasteiger charge is -2.08. The number of carbonyl (C=O) groups excluding carboxylic acids is 2. The van der Waals surface area contributed by atoms with Crippen molar-refractivity contribution in [3.05, 3.63) is 48.3 Å². The Morgan fingerprint density at radius 3 is 2.45 bits per heavy atom. The van der Waals surface area contributed by atoms with E-state index in [-0.39, 0.29) is 11.6 Å². The molecule has 102 valence electrons. The first-order valence-corrected chi connectivity index (χ1v) is 5.96. The van der Waals surface area contributed by atoms with Gasteiger partial charge in [-0.15, -0.1) is 0 Å². The number of aromatic nitrogens is 1. The minimum absolute atomic E-state index is 0.164. The van der Waals surface area contributed by atoms with Gasteiger partial charge in [-0.2, -0.15) is 0 Å². The van der Waals surface area contributed by atoms with Crippen LogP contribution in [-0.4, -0.2) is 16.8 Å². The summed E-state index contributed by atoms with van der Waals surface area (Å²) in [5.74, 6) is -0.578. The quantitative estimate of drug-likeness (QED) is 0.793. The van der Waals surface area contributed by atoms with E-state index in [1.165, 1.54) is 13.1 Å². The molecule has 0 aliphatic carbocycles. The molecular weight excluding hydrogens is 256 g/mol. The molecule has 1 aromatic carbocycles. The number of nitrogens with one attached hydrogen (secondary N) is 2. The molecule has 0 fully saturated rings. The molecule has 0 bridgehead atoms. The Morgan fingerprint density at radius 1 is 1.10 bits per heavy atom. The second-order valence-corrected chi connectivity index (χ2v) is 4.16. The SMILES string of the molecule is CC(=O)Nc1cccc(NC(=O)c2ncccc2N)c1. The Kier molecular flexibility index (Phi) is 3.95. The van der Waals surface area contributed by atoms with Gasteiger partial charge in [-0.05, 0) is 30.3 Å². The second-order valence-electron chi connectivity index (χ2n) is 4.16. The molecule has 6 heteroatoms. The highest BCUT2D eigenvalue weighted by atomic mass is 16.2. The van der Waals surface area contributed by atoms with Crippen LogP contribution in [0, 0.1) is 0 Å². The van der Waals surface area contributed by atoms with Crippen LogP contribution in [0.15, 0.2) is 42.6 Å². The summed E-state index contributed by atoms with van der Waals surface area (Å²) in [6.45, 7) is 1.42. The Hall–Kier alpha value is -2.89. The van der Waals surface area contributed by atoms with Crippen LogP contribution in [0.4, 0.5) is 17.1 Å². The first-order valence-electron chi connectivity index (χ1n) is 5.96. The van der Waals surface area contributed by atoms with E-state index in [0.717, 1.165) is 0 Å². The highest BCUT2D eigenvalue weighted by Crippen LogP contribution is 2.17. The predicted molar refractivity (Wildman–Crippen MR) is 77.3 cm³/mol. The second kappa shape index (κ2) is 5.83. The number of carbonyl (C=O) groups is 2. The first kappa shape index (κ1) is 13.5. The monoisotopic (exact) mass is 270 g/mol. The number of anilines is 3. The van der Waals surface area contributed by atoms with Crippen LogP contribution in [0.1, 0.15) is 17.4 Å². The standard InChI is InChI=1S/C14H14N4O2/c1-9(19)17-10-4-2-5-11(8-10)18-14(20)13-12(15)6-3-7-16-13/h2-8H,15H2,1H3,(H,17,19)(H,18,20). The van der Waals surface area contributed by atoms with Gasteiger partial charge in [-0.1, -0.05) is 6.07 Å². The third kappa shape index (κ3) is 3.32. The maximum absolute atomic E-state index is 12.0. The molecule has 0 saturated carbocycles. The molecule has 2 amide bonds. The summed E-state index contributed by atoms with van der Waals surface area (Å²) in [5, 5.41) is 5.32. The molecule has 6 nitrogen and oxygen atoms in total. The van der Waals surface area contributed by atoms with Gasteiger partial charge in [0.15, 0.2) is 5.69 Å². The lowest BCUT2D eigenvalue weighted by molar-refractivity contribution is -0.114. The maximum atomic E-state index is 12.0. The van der Waals surface area contributed by atoms with Crippen LogP contribution in [0.25, 0.3) is 0 Å². The highest BCUT2D eigenvalue weighted by Gasteiger charge is 2.11. The van der Waals surface area contributed by atoms with Gasteiger partial charge in [0.2, 0.25) is 5.91 Å². The van der Waals surface area contributed by atoms with Gasteiger partial charge in [-0.3, -0.25) is 9.59 Å². The molecule has 4 N–H and O–H groups in total. The number of hydrogen-bond acceptors (Lipinski definition) is 4. The average Bonchev–Trinajstić information content (AvgIpc) is 2.38. The van der Waals surface area contributed by atoms with Crippen LogP contribution in [-0.2, 0) is 4.79 Å². The fourth-order valence-corrected chi connectivity index (χ4v) is 1.68. The lowest BCUT2D eigenvalue weighted by Crippen LogP contribution is -2.16. The van der Waals surface area contributed by atoms with Crippen LogP contribution < -0.4 is 16.4 Å². The molecular formula is C14H14N4O2. The van der Waals surface area contributed by atoms with Crippen LogP contribution in [0.3, 0.4) is 0 Å². The Bertz CT molecular complexity index is 655. The van der Waals surface area contributed by atoms with Gasteiger partial charge in [-0.25, -0.2) is 4.98 Å². The summed E-state index contributed by atoms with van der Waals surface area (Å²) in [7, 11) is 0. The molecule has 0 aliphatic rings. The van der Waals surface area contributed by atoms with E-state index >= 15 is 0 Å². The largest absolute Gasteiger partial charge is 0.397 e. The average molecular weight is 270 g/mol. The third-order valence-corrected chi connectivity index (χ3v) is 2.49. The molecule has 2 rings (SSSR count). The number of nitrogens with zero attached hydrogens (tertiary/aromatic N) is 1. The molecule has 1 aromatic heterocycles. The Balaban J connectivity index is 2.16. The fraction of sp³-hybridized carbons (Fsp3) is 0.0714. The molecule has 0 unspecified atom stereocenters. The van der Waals surface area contributed by atoms with Crippen LogP contribution >= 0.6 is 0 Å². The molecule has 0 saturated heterocycles. The van der Waals surface area contributed by atoms with Crippen molar-refractivity contribution >= 4 is 28.9 Å². The zero-order valence-electron chi connectivity index (χ0n) is 10.9. The summed E-state index contributed by atoms with van der Waals surface area (Å²) in [6.07, 6.45) is 1.50. The van der Waals surface area contributed by atoms with Crippen molar-refractivity contribution in [1.82, 2.24) is 4.98 Å². The number of amides is 2. The topological polar surface area (TPSA) is 97.1 Å². The van der Waals surface area contributed by atoms with Gasteiger partial charge in [0.05, 0.1) is 5.69 Å². The Morgan fingerprint density at radius 2 is 1.80 bits per heavy atom. The minimum Gasteiger partial charge on any atom is -0.397 e. The summed E-state index contributed by atoms with van der Waals surface area (Å²) in [5.41, 5.74) is 7.31. The van der Waals surface area contributed by atoms with Crippen molar-refractivity contribution in [2.75, 3.05) is 16.4 Å². The van der Waals surface area contributed by atoms with Crippen molar-refractivity contribution in [2.45, 2.75) is 6.92 Å². The fourth-order valence-electron chi connectivity index (χ4n) is 1.68. The lowest BCUT2D eigenvalue weighted by atomic mass is 10.2. The molecule has 1 heterocycles. The number of nitrogen functional groups attached to an aromatic ring is 1. The maximum Gasteiger partial charge on any atom is 0.276 e. The van der Waals surface area contributed by atoms with E-state index in [1.54, 1.807) is 36.4 Å². The van der Waals surface area contributed by atoms with Gasteiger partial charge >= 0.3 is 0 Å². The van der Waals surface area contributed by atoms with E-state index in [1.807, 2.05) is 0 Å². The van der Waals surface area contributed by atoms with E-state index in [0.29, 0.717) is 17.1 Å². The van der Waals surface area contributed by atoms with Crippen molar-refractivity contribution < 1.29 is 9.59 Å². The number of hydrogen-bond donors (Lipinski definition) is 3. The smallest absolute Gasteiger partial charge is 0.276 e. The zero-order valence-corrected chi connectivity index (χ0v) is 10.9. The predicted octanol–water partition coefficient (Wildman–Crippen LogP) is 1.87. The Labute approximate surface area is 116 Å². The van der Waals surface area contributed by atoms with Gasteiger partial charge in [0, 0.05) is 24.5 Å². The van der Waals surface area contributed by atoms with Gasteiger partial charge < -0.3 is 16.4 Å². The summed E-state index contributed by atoms with van der Waals surface area (Å²) < 4.78 is 0. The van der Waals surface area contributed by atoms with E-state index in [9.17, 15) is 9.59 Å². The van der Waals surface area contributed by atoms with Gasteiger partial charge in [0.25, 0.3) is 5.91 Å². The normalized spacial score (nSPS) is 9.85. The summed E-state index contributed by atoms with van der Waals surface area (Å²) in [4.78, 5) is 27.0. The number of rotatable bonds is 3. The summed E-state index contributed by atoms with van der Waals surface area (Å²) >= 11 is 0. The third-order valence-electron chi connectivity index (χ3n) is 2.49. The molecule has 0 aliphatic heterocycles. The van der Waals surface area contributed by atoms with E-state index in [4.69, 9.17) is 5.73 Å². The molecule has 0 atom stereocenters. The molecule has 0 radical (unpaired) electrons. The van der Waals surface area contributed by atoms with Crippen molar-refractivity contribution in [3.8, 4) is 0 Å². The summed E-state index contributed by atoms with van der Waals surface area (Å²) in [6, 6.07) is 10.1. The highest BCUT2D eigenvalue weighted by molar-refractivity contribution is 6.06. The van der Waals surface area contributed by atoms with E-state index < -0.39 is 5.91 Å².